The smallest absolute Gasteiger partial charge is 0.0325 e. The Morgan fingerprint density at radius 2 is 1.92 bits per heavy atom. The Hall–Kier alpha value is -0.260. The van der Waals surface area contributed by atoms with E-state index in [1.807, 2.05) is 0 Å². The van der Waals surface area contributed by atoms with Gasteiger partial charge in [0.1, 0.15) is 0 Å². The van der Waals surface area contributed by atoms with E-state index in [2.05, 4.69) is 33.4 Å². The number of allylic oxidation sites excluding steroid dienone is 1. The molecule has 1 saturated carbocycles. The Morgan fingerprint density at radius 3 is 2.42 bits per heavy atom. The van der Waals surface area contributed by atoms with Gasteiger partial charge in [-0.15, -0.1) is 6.58 Å². The van der Waals surface area contributed by atoms with Crippen molar-refractivity contribution >= 4 is 0 Å². The van der Waals surface area contributed by atoms with Crippen LogP contribution in [0.4, 0.5) is 0 Å². The lowest BCUT2D eigenvalue weighted by Gasteiger charge is -2.11. The highest BCUT2D eigenvalue weighted by atomic mass is 14.5. The zero-order chi connectivity index (χ0) is 9.14. The first-order valence-corrected chi connectivity index (χ1v) is 5.31. The van der Waals surface area contributed by atoms with Gasteiger partial charge in [0, 0.05) is 0 Å². The summed E-state index contributed by atoms with van der Waals surface area (Å²) in [5.41, 5.74) is 0. The lowest BCUT2D eigenvalue weighted by atomic mass is 9.95. The molecule has 0 nitrogen and oxygen atoms in total. The first-order valence-electron chi connectivity index (χ1n) is 5.31. The molecule has 0 aromatic heterocycles. The van der Waals surface area contributed by atoms with Crippen molar-refractivity contribution in [1.82, 2.24) is 0 Å². The molecule has 0 radical (unpaired) electrons. The molecule has 70 valence electrons. The summed E-state index contributed by atoms with van der Waals surface area (Å²) in [5.74, 6) is 3.87. The van der Waals surface area contributed by atoms with Crippen LogP contribution >= 0.6 is 0 Å². The summed E-state index contributed by atoms with van der Waals surface area (Å²) in [7, 11) is 0. The van der Waals surface area contributed by atoms with Crippen molar-refractivity contribution in [3.05, 3.63) is 12.7 Å². The van der Waals surface area contributed by atoms with Crippen LogP contribution in [-0.2, 0) is 0 Å². The van der Waals surface area contributed by atoms with Gasteiger partial charge in [-0.3, -0.25) is 0 Å². The van der Waals surface area contributed by atoms with Crippen molar-refractivity contribution in [2.24, 2.45) is 23.7 Å². The highest BCUT2D eigenvalue weighted by molar-refractivity contribution is 4.93. The maximum Gasteiger partial charge on any atom is -0.0325 e. The molecule has 0 amide bonds. The Balaban J connectivity index is 2.26. The van der Waals surface area contributed by atoms with Crippen LogP contribution in [0.2, 0.25) is 0 Å². The van der Waals surface area contributed by atoms with Gasteiger partial charge in [-0.1, -0.05) is 33.3 Å². The summed E-state index contributed by atoms with van der Waals surface area (Å²) in [6.45, 7) is 10.9. The van der Waals surface area contributed by atoms with Gasteiger partial charge in [-0.25, -0.2) is 0 Å². The molecule has 0 saturated heterocycles. The minimum atomic E-state index is 0.876. The summed E-state index contributed by atoms with van der Waals surface area (Å²) in [6.07, 6.45) is 6.10. The molecule has 1 rings (SSSR count). The van der Waals surface area contributed by atoms with Gasteiger partial charge in [0.25, 0.3) is 0 Å². The molecule has 0 aliphatic heterocycles. The molecule has 12 heavy (non-hydrogen) atoms. The average Bonchev–Trinajstić information content (AvgIpc) is 2.82. The van der Waals surface area contributed by atoms with Crippen molar-refractivity contribution in [1.29, 1.82) is 0 Å². The molecular formula is C12H22. The van der Waals surface area contributed by atoms with E-state index in [4.69, 9.17) is 0 Å². The molecule has 4 unspecified atom stereocenters. The van der Waals surface area contributed by atoms with Crippen molar-refractivity contribution in [3.8, 4) is 0 Å². The van der Waals surface area contributed by atoms with E-state index in [1.165, 1.54) is 19.3 Å². The third kappa shape index (κ3) is 2.12. The van der Waals surface area contributed by atoms with Gasteiger partial charge in [0.05, 0.1) is 0 Å². The maximum absolute atomic E-state index is 3.80. The monoisotopic (exact) mass is 166 g/mol. The second-order valence-corrected chi connectivity index (χ2v) is 4.45. The Kier molecular flexibility index (Phi) is 3.37. The van der Waals surface area contributed by atoms with Crippen molar-refractivity contribution < 1.29 is 0 Å². The highest BCUT2D eigenvalue weighted by Crippen LogP contribution is 2.50. The van der Waals surface area contributed by atoms with Crippen LogP contribution < -0.4 is 0 Å². The summed E-state index contributed by atoms with van der Waals surface area (Å²) in [6, 6.07) is 0. The Labute approximate surface area is 77.1 Å². The molecule has 0 heteroatoms. The van der Waals surface area contributed by atoms with E-state index in [-0.39, 0.29) is 0 Å². The molecule has 0 N–H and O–H groups in total. The molecule has 1 aliphatic carbocycles. The van der Waals surface area contributed by atoms with Crippen LogP contribution in [0, 0.1) is 23.7 Å². The predicted octanol–water partition coefficient (Wildman–Crippen LogP) is 3.88. The molecule has 0 aromatic rings. The van der Waals surface area contributed by atoms with Crippen molar-refractivity contribution in [2.45, 2.75) is 40.0 Å². The summed E-state index contributed by atoms with van der Waals surface area (Å²) in [4.78, 5) is 0. The van der Waals surface area contributed by atoms with Crippen LogP contribution in [0.15, 0.2) is 12.7 Å². The van der Waals surface area contributed by atoms with Crippen LogP contribution in [0.25, 0.3) is 0 Å². The maximum atomic E-state index is 3.80. The van der Waals surface area contributed by atoms with Crippen molar-refractivity contribution in [2.75, 3.05) is 0 Å². The van der Waals surface area contributed by atoms with Crippen LogP contribution in [0.3, 0.4) is 0 Å². The van der Waals surface area contributed by atoms with E-state index in [1.54, 1.807) is 0 Å². The molecule has 1 aliphatic rings. The molecular weight excluding hydrogens is 144 g/mol. The lowest BCUT2D eigenvalue weighted by Crippen LogP contribution is -2.03. The fraction of sp³-hybridized carbons (Fsp3) is 0.833. The topological polar surface area (TPSA) is 0 Å². The largest absolute Gasteiger partial charge is 0.103 e. The van der Waals surface area contributed by atoms with E-state index in [0.717, 1.165) is 23.7 Å². The molecule has 1 fully saturated rings. The summed E-state index contributed by atoms with van der Waals surface area (Å²) < 4.78 is 0. The lowest BCUT2D eigenvalue weighted by molar-refractivity contribution is 0.400. The molecule has 0 bridgehead atoms. The highest BCUT2D eigenvalue weighted by Gasteiger charge is 2.42. The van der Waals surface area contributed by atoms with Gasteiger partial charge in [0.2, 0.25) is 0 Å². The van der Waals surface area contributed by atoms with Crippen LogP contribution in [0.1, 0.15) is 40.0 Å². The third-order valence-corrected chi connectivity index (χ3v) is 3.54. The quantitative estimate of drug-likeness (QED) is 0.544. The van der Waals surface area contributed by atoms with Gasteiger partial charge >= 0.3 is 0 Å². The summed E-state index contributed by atoms with van der Waals surface area (Å²) >= 11 is 0. The molecule has 4 atom stereocenters. The van der Waals surface area contributed by atoms with E-state index < -0.39 is 0 Å². The summed E-state index contributed by atoms with van der Waals surface area (Å²) in [5, 5.41) is 0. The Bertz CT molecular complexity index is 148. The van der Waals surface area contributed by atoms with E-state index >= 15 is 0 Å². The second kappa shape index (κ2) is 4.11. The zero-order valence-electron chi connectivity index (χ0n) is 8.72. The first-order chi connectivity index (χ1) is 5.70. The molecule has 0 spiro atoms. The average molecular weight is 166 g/mol. The fourth-order valence-electron chi connectivity index (χ4n) is 2.28. The van der Waals surface area contributed by atoms with Gasteiger partial charge in [0.15, 0.2) is 0 Å². The van der Waals surface area contributed by atoms with Gasteiger partial charge in [-0.05, 0) is 36.5 Å². The predicted molar refractivity (Wildman–Crippen MR) is 55.0 cm³/mol. The van der Waals surface area contributed by atoms with Crippen LogP contribution in [0.5, 0.6) is 0 Å². The third-order valence-electron chi connectivity index (χ3n) is 3.54. The normalized spacial score (nSPS) is 32.6. The number of hydrogen-bond acceptors (Lipinski definition) is 0. The van der Waals surface area contributed by atoms with Gasteiger partial charge < -0.3 is 0 Å². The standard InChI is InChI=1S/C12H22/c1-5-7-10(4)12-8-11(12)9(3)6-2/h5,9-12H,1,6-8H2,2-4H3. The van der Waals surface area contributed by atoms with Crippen LogP contribution in [-0.4, -0.2) is 0 Å². The minimum absolute atomic E-state index is 0.876. The Morgan fingerprint density at radius 1 is 1.33 bits per heavy atom. The first kappa shape index (κ1) is 9.83. The fourth-order valence-corrected chi connectivity index (χ4v) is 2.28. The second-order valence-electron chi connectivity index (χ2n) is 4.45. The zero-order valence-corrected chi connectivity index (χ0v) is 8.72. The molecule has 0 aromatic carbocycles. The number of rotatable bonds is 5. The minimum Gasteiger partial charge on any atom is -0.103 e. The van der Waals surface area contributed by atoms with Gasteiger partial charge in [-0.2, -0.15) is 0 Å². The SMILES string of the molecule is C=CCC(C)C1CC1C(C)CC. The van der Waals surface area contributed by atoms with E-state index in [0.29, 0.717) is 0 Å². The number of hydrogen-bond donors (Lipinski definition) is 0. The van der Waals surface area contributed by atoms with Crippen molar-refractivity contribution in [3.63, 3.8) is 0 Å². The molecule has 0 heterocycles. The van der Waals surface area contributed by atoms with E-state index in [9.17, 15) is 0 Å².